The highest BCUT2D eigenvalue weighted by atomic mass is 16.7. The molecule has 0 aromatic heterocycles. The SMILES string of the molecule is OC[C@@H](O)[C@@H](O)[C@H](O)[C@@H](O)CO.OC[C@]1(O)OC[C@@H](O)[C@@H](O)[C@@H]1O. The average molecular weight is 362 g/mol. The Bertz CT molecular complexity index is 324. The van der Waals surface area contributed by atoms with E-state index in [1.165, 1.54) is 0 Å². The second-order valence-corrected chi connectivity index (χ2v) is 5.30. The number of aliphatic hydroxyl groups is 11. The number of rotatable bonds is 6. The molecule has 1 fully saturated rings. The van der Waals surface area contributed by atoms with Crippen LogP contribution in [0, 0.1) is 0 Å². The van der Waals surface area contributed by atoms with Crippen LogP contribution in [0.3, 0.4) is 0 Å². The maximum atomic E-state index is 9.24. The van der Waals surface area contributed by atoms with Gasteiger partial charge in [0.05, 0.1) is 26.4 Å². The molecule has 12 heteroatoms. The zero-order chi connectivity index (χ0) is 19.1. The van der Waals surface area contributed by atoms with E-state index in [1.807, 2.05) is 0 Å². The molecule has 1 rings (SSSR count). The Kier molecular flexibility index (Phi) is 10.3. The van der Waals surface area contributed by atoms with Gasteiger partial charge < -0.3 is 60.9 Å². The molecule has 0 aromatic carbocycles. The summed E-state index contributed by atoms with van der Waals surface area (Å²) in [7, 11) is 0. The van der Waals surface area contributed by atoms with Crippen LogP contribution in [-0.4, -0.2) is 131 Å². The van der Waals surface area contributed by atoms with Crippen molar-refractivity contribution in [1.29, 1.82) is 0 Å². The predicted octanol–water partition coefficient (Wildman–Crippen LogP) is -6.81. The molecule has 0 aliphatic carbocycles. The Morgan fingerprint density at radius 1 is 0.875 bits per heavy atom. The number of aliphatic hydroxyl groups excluding tert-OH is 10. The van der Waals surface area contributed by atoms with E-state index in [4.69, 9.17) is 51.1 Å². The zero-order valence-electron chi connectivity index (χ0n) is 12.7. The fraction of sp³-hybridized carbons (Fsp3) is 1.00. The molecule has 0 amide bonds. The van der Waals surface area contributed by atoms with Gasteiger partial charge >= 0.3 is 0 Å². The highest BCUT2D eigenvalue weighted by Crippen LogP contribution is 2.22. The van der Waals surface area contributed by atoms with Gasteiger partial charge in [-0.3, -0.25) is 0 Å². The largest absolute Gasteiger partial charge is 0.394 e. The van der Waals surface area contributed by atoms with Crippen LogP contribution < -0.4 is 0 Å². The van der Waals surface area contributed by atoms with Crippen molar-refractivity contribution < 1.29 is 60.9 Å². The molecule has 0 spiro atoms. The van der Waals surface area contributed by atoms with Gasteiger partial charge in [0.15, 0.2) is 0 Å². The van der Waals surface area contributed by atoms with E-state index >= 15 is 0 Å². The minimum atomic E-state index is -2.17. The topological polar surface area (TPSA) is 232 Å². The second-order valence-electron chi connectivity index (χ2n) is 5.30. The van der Waals surface area contributed by atoms with Crippen LogP contribution in [0.5, 0.6) is 0 Å². The van der Waals surface area contributed by atoms with Crippen molar-refractivity contribution in [3.8, 4) is 0 Å². The Morgan fingerprint density at radius 3 is 1.62 bits per heavy atom. The molecule has 8 atom stereocenters. The van der Waals surface area contributed by atoms with E-state index in [0.29, 0.717) is 0 Å². The molecule has 0 radical (unpaired) electrons. The minimum Gasteiger partial charge on any atom is -0.394 e. The molecule has 1 aliphatic heterocycles. The highest BCUT2D eigenvalue weighted by molar-refractivity contribution is 4.90. The number of hydrogen-bond acceptors (Lipinski definition) is 12. The molecule has 0 aromatic rings. The summed E-state index contributed by atoms with van der Waals surface area (Å²) in [6.45, 7) is -2.61. The van der Waals surface area contributed by atoms with Crippen molar-refractivity contribution in [3.05, 3.63) is 0 Å². The van der Waals surface area contributed by atoms with Crippen LogP contribution in [0.1, 0.15) is 0 Å². The molecule has 146 valence electrons. The van der Waals surface area contributed by atoms with Crippen molar-refractivity contribution in [2.75, 3.05) is 26.4 Å². The molecule has 12 nitrogen and oxygen atoms in total. The summed E-state index contributed by atoms with van der Waals surface area (Å²) in [6, 6.07) is 0. The van der Waals surface area contributed by atoms with E-state index in [1.54, 1.807) is 0 Å². The quantitative estimate of drug-likeness (QED) is 0.212. The molecule has 1 aliphatic rings. The van der Waals surface area contributed by atoms with Crippen LogP contribution in [0.4, 0.5) is 0 Å². The molecule has 24 heavy (non-hydrogen) atoms. The lowest BCUT2D eigenvalue weighted by atomic mass is 9.98. The number of ether oxygens (including phenoxy) is 1. The van der Waals surface area contributed by atoms with E-state index in [2.05, 4.69) is 4.74 Å². The third-order valence-corrected chi connectivity index (χ3v) is 3.42. The Labute approximate surface area is 137 Å². The van der Waals surface area contributed by atoms with Gasteiger partial charge in [-0.15, -0.1) is 0 Å². The lowest BCUT2D eigenvalue weighted by Crippen LogP contribution is -2.62. The molecular weight excluding hydrogens is 336 g/mol. The molecule has 1 saturated heterocycles. The first-order valence-corrected chi connectivity index (χ1v) is 7.01. The first kappa shape index (κ1) is 23.5. The molecule has 1 heterocycles. The summed E-state index contributed by atoms with van der Waals surface area (Å²) in [5.41, 5.74) is 0. The van der Waals surface area contributed by atoms with E-state index in [-0.39, 0.29) is 6.61 Å². The molecule has 0 saturated carbocycles. The van der Waals surface area contributed by atoms with E-state index in [0.717, 1.165) is 0 Å². The fourth-order valence-electron chi connectivity index (χ4n) is 1.70. The van der Waals surface area contributed by atoms with E-state index < -0.39 is 68.3 Å². The molecular formula is C12H26O12. The van der Waals surface area contributed by atoms with Gasteiger partial charge in [-0.25, -0.2) is 0 Å². The molecule has 0 bridgehead atoms. The van der Waals surface area contributed by atoms with Crippen molar-refractivity contribution in [1.82, 2.24) is 0 Å². The Morgan fingerprint density at radius 2 is 1.29 bits per heavy atom. The number of hydrogen-bond donors (Lipinski definition) is 11. The van der Waals surface area contributed by atoms with Crippen molar-refractivity contribution >= 4 is 0 Å². The van der Waals surface area contributed by atoms with Gasteiger partial charge in [0.2, 0.25) is 5.79 Å². The van der Waals surface area contributed by atoms with E-state index in [9.17, 15) is 5.11 Å². The summed E-state index contributed by atoms with van der Waals surface area (Å²) in [4.78, 5) is 0. The Balaban J connectivity index is 0.000000441. The summed E-state index contributed by atoms with van der Waals surface area (Å²) < 4.78 is 4.56. The average Bonchev–Trinajstić information content (AvgIpc) is 2.61. The third kappa shape index (κ3) is 6.11. The van der Waals surface area contributed by atoms with Crippen molar-refractivity contribution in [3.63, 3.8) is 0 Å². The highest BCUT2D eigenvalue weighted by Gasteiger charge is 2.47. The first-order chi connectivity index (χ1) is 11.0. The normalized spacial score (nSPS) is 35.4. The lowest BCUT2D eigenvalue weighted by molar-refractivity contribution is -0.331. The van der Waals surface area contributed by atoms with Crippen LogP contribution in [0.2, 0.25) is 0 Å². The van der Waals surface area contributed by atoms with Crippen LogP contribution >= 0.6 is 0 Å². The zero-order valence-corrected chi connectivity index (χ0v) is 12.7. The second kappa shape index (κ2) is 10.5. The van der Waals surface area contributed by atoms with Gasteiger partial charge in [0, 0.05) is 0 Å². The summed E-state index contributed by atoms with van der Waals surface area (Å²) in [6.07, 6.45) is -10.8. The maximum absolute atomic E-state index is 9.24. The van der Waals surface area contributed by atoms with Crippen molar-refractivity contribution in [2.24, 2.45) is 0 Å². The van der Waals surface area contributed by atoms with Gasteiger partial charge in [-0.05, 0) is 0 Å². The third-order valence-electron chi connectivity index (χ3n) is 3.42. The molecule has 0 unspecified atom stereocenters. The van der Waals surface area contributed by atoms with Crippen LogP contribution in [0.25, 0.3) is 0 Å². The smallest absolute Gasteiger partial charge is 0.218 e. The Hall–Kier alpha value is -0.480. The summed E-state index contributed by atoms with van der Waals surface area (Å²) in [5, 5.41) is 97.1. The maximum Gasteiger partial charge on any atom is 0.218 e. The van der Waals surface area contributed by atoms with Crippen LogP contribution in [-0.2, 0) is 4.74 Å². The van der Waals surface area contributed by atoms with Gasteiger partial charge in [0.1, 0.15) is 42.7 Å². The standard InChI is InChI=1S/C6H12O6.C6H14O6/c7-2-6(11)5(10)4(9)3(8)1-12-6;7-1-3(9)5(11)6(12)4(10)2-8/h3-5,7-11H,1-2H2;3-12H,1-2H2/t3-,4-,5+,6+;3-,4+,5-,6-/m11/s1. The monoisotopic (exact) mass is 362 g/mol. The minimum absolute atomic E-state index is 0.324. The lowest BCUT2D eigenvalue weighted by Gasteiger charge is -2.40. The summed E-state index contributed by atoms with van der Waals surface area (Å²) in [5.74, 6) is -2.17. The fourth-order valence-corrected chi connectivity index (χ4v) is 1.70. The van der Waals surface area contributed by atoms with Crippen molar-refractivity contribution in [2.45, 2.75) is 48.5 Å². The van der Waals surface area contributed by atoms with Gasteiger partial charge in [-0.1, -0.05) is 0 Å². The van der Waals surface area contributed by atoms with Gasteiger partial charge in [0.25, 0.3) is 0 Å². The predicted molar refractivity (Wildman–Crippen MR) is 74.2 cm³/mol. The van der Waals surface area contributed by atoms with Crippen LogP contribution in [0.15, 0.2) is 0 Å². The first-order valence-electron chi connectivity index (χ1n) is 7.01. The molecule has 11 N–H and O–H groups in total. The van der Waals surface area contributed by atoms with Gasteiger partial charge in [-0.2, -0.15) is 0 Å². The summed E-state index contributed by atoms with van der Waals surface area (Å²) >= 11 is 0.